The molecule has 0 spiro atoms. The third-order valence-corrected chi connectivity index (χ3v) is 3.50. The lowest BCUT2D eigenvalue weighted by Crippen LogP contribution is -2.05. The molecule has 0 atom stereocenters. The Labute approximate surface area is 103 Å². The maximum atomic E-state index is 5.84. The highest BCUT2D eigenvalue weighted by molar-refractivity contribution is 9.10. The van der Waals surface area contributed by atoms with Crippen LogP contribution in [0.4, 0.5) is 5.69 Å². The van der Waals surface area contributed by atoms with Crippen LogP contribution >= 0.6 is 15.9 Å². The van der Waals surface area contributed by atoms with E-state index in [1.807, 2.05) is 23.7 Å². The Morgan fingerprint density at radius 3 is 2.75 bits per heavy atom. The van der Waals surface area contributed by atoms with Crippen LogP contribution in [0.3, 0.4) is 0 Å². The summed E-state index contributed by atoms with van der Waals surface area (Å²) in [7, 11) is 0. The highest BCUT2D eigenvalue weighted by atomic mass is 79.9. The van der Waals surface area contributed by atoms with E-state index in [2.05, 4.69) is 40.1 Å². The molecule has 1 heterocycles. The van der Waals surface area contributed by atoms with Crippen molar-refractivity contribution in [2.75, 3.05) is 5.73 Å². The van der Waals surface area contributed by atoms with Gasteiger partial charge >= 0.3 is 0 Å². The summed E-state index contributed by atoms with van der Waals surface area (Å²) in [5.41, 5.74) is 9.95. The largest absolute Gasteiger partial charge is 0.398 e. The molecule has 0 unspecified atom stereocenters. The topological polar surface area (TPSA) is 43.8 Å². The van der Waals surface area contributed by atoms with Crippen LogP contribution in [-0.2, 0) is 6.54 Å². The fourth-order valence-corrected chi connectivity index (χ4v) is 2.11. The van der Waals surface area contributed by atoms with Gasteiger partial charge < -0.3 is 5.73 Å². The van der Waals surface area contributed by atoms with Gasteiger partial charge in [0.2, 0.25) is 0 Å². The summed E-state index contributed by atoms with van der Waals surface area (Å²) in [6.07, 6.45) is 0. The highest BCUT2D eigenvalue weighted by Gasteiger charge is 2.06. The molecule has 16 heavy (non-hydrogen) atoms. The van der Waals surface area contributed by atoms with Gasteiger partial charge in [-0.15, -0.1) is 0 Å². The van der Waals surface area contributed by atoms with E-state index in [9.17, 15) is 0 Å². The number of nitrogens with zero attached hydrogens (tertiary/aromatic N) is 2. The standard InChI is InChI=1S/C12H14BrN3/c1-8-6-9(2)16(15-8)7-10-4-3-5-11(14)12(10)13/h3-6H,7,14H2,1-2H3. The van der Waals surface area contributed by atoms with Crippen molar-refractivity contribution in [3.05, 3.63) is 45.7 Å². The molecule has 0 saturated heterocycles. The summed E-state index contributed by atoms with van der Waals surface area (Å²) in [6, 6.07) is 7.97. The van der Waals surface area contributed by atoms with Gasteiger partial charge in [-0.1, -0.05) is 12.1 Å². The van der Waals surface area contributed by atoms with Crippen LogP contribution in [0.5, 0.6) is 0 Å². The molecule has 0 fully saturated rings. The number of nitrogens with two attached hydrogens (primary N) is 1. The molecule has 4 heteroatoms. The predicted molar refractivity (Wildman–Crippen MR) is 69.4 cm³/mol. The van der Waals surface area contributed by atoms with Gasteiger partial charge in [0.15, 0.2) is 0 Å². The number of aryl methyl sites for hydroxylation is 2. The minimum Gasteiger partial charge on any atom is -0.398 e. The molecule has 2 N–H and O–H groups in total. The van der Waals surface area contributed by atoms with Gasteiger partial charge in [0, 0.05) is 15.9 Å². The van der Waals surface area contributed by atoms with Crippen LogP contribution in [-0.4, -0.2) is 9.78 Å². The lowest BCUT2D eigenvalue weighted by atomic mass is 10.2. The molecule has 0 saturated carbocycles. The highest BCUT2D eigenvalue weighted by Crippen LogP contribution is 2.24. The van der Waals surface area contributed by atoms with E-state index in [0.717, 1.165) is 33.7 Å². The SMILES string of the molecule is Cc1cc(C)n(Cc2cccc(N)c2Br)n1. The quantitative estimate of drug-likeness (QED) is 0.860. The van der Waals surface area contributed by atoms with Gasteiger partial charge in [-0.25, -0.2) is 0 Å². The Balaban J connectivity index is 2.34. The Hall–Kier alpha value is -1.29. The maximum absolute atomic E-state index is 5.84. The summed E-state index contributed by atoms with van der Waals surface area (Å²) in [4.78, 5) is 0. The van der Waals surface area contributed by atoms with Crippen molar-refractivity contribution in [2.45, 2.75) is 20.4 Å². The second kappa shape index (κ2) is 4.29. The normalized spacial score (nSPS) is 10.7. The van der Waals surface area contributed by atoms with Crippen molar-refractivity contribution >= 4 is 21.6 Å². The third-order valence-electron chi connectivity index (χ3n) is 2.53. The molecule has 0 aliphatic carbocycles. The number of anilines is 1. The molecule has 0 aliphatic heterocycles. The van der Waals surface area contributed by atoms with Crippen molar-refractivity contribution < 1.29 is 0 Å². The van der Waals surface area contributed by atoms with Gasteiger partial charge in [0.25, 0.3) is 0 Å². The summed E-state index contributed by atoms with van der Waals surface area (Å²) < 4.78 is 2.94. The summed E-state index contributed by atoms with van der Waals surface area (Å²) in [5, 5.41) is 4.43. The van der Waals surface area contributed by atoms with Crippen molar-refractivity contribution in [1.82, 2.24) is 9.78 Å². The zero-order valence-corrected chi connectivity index (χ0v) is 11.0. The fraction of sp³-hybridized carbons (Fsp3) is 0.250. The number of benzene rings is 1. The van der Waals surface area contributed by atoms with E-state index < -0.39 is 0 Å². The fourth-order valence-electron chi connectivity index (χ4n) is 1.72. The van der Waals surface area contributed by atoms with Crippen LogP contribution in [0.1, 0.15) is 17.0 Å². The number of halogens is 1. The molecule has 0 radical (unpaired) electrons. The van der Waals surface area contributed by atoms with Gasteiger partial charge in [-0.3, -0.25) is 4.68 Å². The van der Waals surface area contributed by atoms with Gasteiger partial charge in [-0.2, -0.15) is 5.10 Å². The average molecular weight is 280 g/mol. The van der Waals surface area contributed by atoms with Crippen molar-refractivity contribution in [2.24, 2.45) is 0 Å². The van der Waals surface area contributed by atoms with Crippen molar-refractivity contribution in [3.63, 3.8) is 0 Å². The van der Waals surface area contributed by atoms with E-state index in [1.54, 1.807) is 0 Å². The number of aromatic nitrogens is 2. The van der Waals surface area contributed by atoms with Crippen LogP contribution < -0.4 is 5.73 Å². The lowest BCUT2D eigenvalue weighted by Gasteiger charge is -2.08. The molecule has 1 aromatic heterocycles. The van der Waals surface area contributed by atoms with Gasteiger partial charge in [0.05, 0.1) is 12.2 Å². The Bertz CT molecular complexity index is 517. The Morgan fingerprint density at radius 1 is 1.38 bits per heavy atom. The van der Waals surface area contributed by atoms with Gasteiger partial charge in [0.1, 0.15) is 0 Å². The smallest absolute Gasteiger partial charge is 0.0674 e. The molecule has 2 rings (SSSR count). The molecule has 0 bridgehead atoms. The van der Waals surface area contributed by atoms with E-state index in [1.165, 1.54) is 0 Å². The van der Waals surface area contributed by atoms with Gasteiger partial charge in [-0.05, 0) is 47.5 Å². The zero-order chi connectivity index (χ0) is 11.7. The summed E-state index contributed by atoms with van der Waals surface area (Å²) in [5.74, 6) is 0. The molecular formula is C12H14BrN3. The third kappa shape index (κ3) is 2.11. The minimum atomic E-state index is 0.741. The number of nitrogen functional groups attached to an aromatic ring is 1. The monoisotopic (exact) mass is 279 g/mol. The van der Waals surface area contributed by atoms with Crippen LogP contribution in [0.15, 0.2) is 28.7 Å². The molecule has 3 nitrogen and oxygen atoms in total. The van der Waals surface area contributed by atoms with Crippen LogP contribution in [0.2, 0.25) is 0 Å². The van der Waals surface area contributed by atoms with E-state index in [-0.39, 0.29) is 0 Å². The predicted octanol–water partition coefficient (Wildman–Crippen LogP) is 2.89. The number of hydrogen-bond acceptors (Lipinski definition) is 2. The first-order valence-corrected chi connectivity index (χ1v) is 5.91. The summed E-state index contributed by atoms with van der Waals surface area (Å²) >= 11 is 3.50. The number of hydrogen-bond donors (Lipinski definition) is 1. The van der Waals surface area contributed by atoms with Crippen molar-refractivity contribution in [3.8, 4) is 0 Å². The molecule has 2 aromatic rings. The first kappa shape index (κ1) is 11.2. The zero-order valence-electron chi connectivity index (χ0n) is 9.37. The average Bonchev–Trinajstić information content (AvgIpc) is 2.53. The maximum Gasteiger partial charge on any atom is 0.0674 e. The van der Waals surface area contributed by atoms with E-state index >= 15 is 0 Å². The Morgan fingerprint density at radius 2 is 2.12 bits per heavy atom. The molecule has 1 aromatic carbocycles. The first-order valence-electron chi connectivity index (χ1n) is 5.12. The Kier molecular flexibility index (Phi) is 3.01. The van der Waals surface area contributed by atoms with Crippen LogP contribution in [0, 0.1) is 13.8 Å². The minimum absolute atomic E-state index is 0.741. The molecular weight excluding hydrogens is 266 g/mol. The van der Waals surface area contributed by atoms with E-state index in [4.69, 9.17) is 5.73 Å². The van der Waals surface area contributed by atoms with Crippen LogP contribution in [0.25, 0.3) is 0 Å². The molecule has 0 aliphatic rings. The second-order valence-electron chi connectivity index (χ2n) is 3.91. The first-order chi connectivity index (χ1) is 7.58. The number of rotatable bonds is 2. The molecule has 84 valence electrons. The van der Waals surface area contributed by atoms with Crippen molar-refractivity contribution in [1.29, 1.82) is 0 Å². The molecule has 0 amide bonds. The summed E-state index contributed by atoms with van der Waals surface area (Å²) in [6.45, 7) is 4.80. The lowest BCUT2D eigenvalue weighted by molar-refractivity contribution is 0.657. The second-order valence-corrected chi connectivity index (χ2v) is 4.70. The van der Waals surface area contributed by atoms with E-state index in [0.29, 0.717) is 0 Å².